The van der Waals surface area contributed by atoms with Crippen LogP contribution in [-0.2, 0) is 0 Å². The molecule has 2 rings (SSSR count). The number of non-ortho nitro benzene ring substituents is 1. The molecule has 9 nitrogen and oxygen atoms in total. The van der Waals surface area contributed by atoms with Gasteiger partial charge in [0.2, 0.25) is 5.75 Å². The maximum absolute atomic E-state index is 10.8. The Bertz CT molecular complexity index is 788. The maximum atomic E-state index is 10.8. The predicted octanol–water partition coefficient (Wildman–Crippen LogP) is 2.54. The molecule has 2 aromatic rings. The van der Waals surface area contributed by atoms with E-state index in [4.69, 9.17) is 5.73 Å². The number of nitro benzene ring substituents is 2. The average molecular weight is 302 g/mol. The second-order valence-corrected chi connectivity index (χ2v) is 4.23. The molecule has 0 saturated heterocycles. The van der Waals surface area contributed by atoms with Gasteiger partial charge in [-0.05, 0) is 12.1 Å². The van der Waals surface area contributed by atoms with Crippen molar-refractivity contribution in [2.75, 3.05) is 5.73 Å². The number of nitrogens with two attached hydrogens (primary N) is 1. The first-order chi connectivity index (χ1) is 10.4. The van der Waals surface area contributed by atoms with Crippen molar-refractivity contribution in [3.8, 4) is 5.75 Å². The minimum atomic E-state index is -0.906. The minimum absolute atomic E-state index is 0.149. The fourth-order valence-electron chi connectivity index (χ4n) is 1.71. The molecule has 2 aromatic carbocycles. The topological polar surface area (TPSA) is 145 Å². The Morgan fingerprint density at radius 1 is 1.14 bits per heavy atom. The molecule has 0 aliphatic heterocycles. The van der Waals surface area contributed by atoms with Crippen LogP contribution in [0.5, 0.6) is 5.75 Å². The number of para-hydroxylation sites is 2. The molecule has 0 spiro atoms. The van der Waals surface area contributed by atoms with Crippen molar-refractivity contribution in [3.05, 3.63) is 62.2 Å². The lowest BCUT2D eigenvalue weighted by Crippen LogP contribution is -1.96. The number of phenolic OH excluding ortho intramolecular Hbond substituents is 1. The van der Waals surface area contributed by atoms with Crippen molar-refractivity contribution in [2.24, 2.45) is 4.99 Å². The van der Waals surface area contributed by atoms with Gasteiger partial charge in [0.05, 0.1) is 27.3 Å². The molecule has 0 radical (unpaired) electrons. The first-order valence-corrected chi connectivity index (χ1v) is 5.94. The van der Waals surface area contributed by atoms with Gasteiger partial charge >= 0.3 is 5.69 Å². The van der Waals surface area contributed by atoms with Crippen LogP contribution in [0.3, 0.4) is 0 Å². The third-order valence-corrected chi connectivity index (χ3v) is 2.79. The summed E-state index contributed by atoms with van der Waals surface area (Å²) in [6.45, 7) is 0. The molecule has 112 valence electrons. The van der Waals surface area contributed by atoms with Crippen LogP contribution in [-0.4, -0.2) is 21.2 Å². The molecule has 9 heteroatoms. The number of nitrogens with zero attached hydrogens (tertiary/aromatic N) is 3. The number of nitro groups is 2. The van der Waals surface area contributed by atoms with Gasteiger partial charge in [-0.1, -0.05) is 12.1 Å². The normalized spacial score (nSPS) is 10.7. The first-order valence-electron chi connectivity index (χ1n) is 5.94. The standard InChI is InChI=1S/C13H10N4O5/c14-10-3-1-2-4-11(10)15-7-8-5-9(16(19)20)6-12(13(8)18)17(21)22/h1-7,18H,14H2. The van der Waals surface area contributed by atoms with Crippen molar-refractivity contribution >= 4 is 29.0 Å². The molecule has 0 aliphatic carbocycles. The number of phenols is 1. The Morgan fingerprint density at radius 3 is 2.41 bits per heavy atom. The molecule has 0 amide bonds. The van der Waals surface area contributed by atoms with Crippen LogP contribution in [0.15, 0.2) is 41.4 Å². The molecule has 0 bridgehead atoms. The van der Waals surface area contributed by atoms with Crippen LogP contribution in [0, 0.1) is 20.2 Å². The molecular formula is C13H10N4O5. The van der Waals surface area contributed by atoms with Crippen LogP contribution < -0.4 is 5.73 Å². The molecule has 0 fully saturated rings. The number of anilines is 1. The van der Waals surface area contributed by atoms with E-state index in [1.807, 2.05) is 0 Å². The SMILES string of the molecule is Nc1ccccc1N=Cc1cc([N+](=O)[O-])cc([N+](=O)[O-])c1O. The quantitative estimate of drug-likeness (QED) is 0.384. The Labute approximate surface area is 123 Å². The second-order valence-electron chi connectivity index (χ2n) is 4.23. The number of benzene rings is 2. The lowest BCUT2D eigenvalue weighted by molar-refractivity contribution is -0.394. The zero-order valence-corrected chi connectivity index (χ0v) is 11.0. The van der Waals surface area contributed by atoms with E-state index in [2.05, 4.69) is 4.99 Å². The Morgan fingerprint density at radius 2 is 1.82 bits per heavy atom. The van der Waals surface area contributed by atoms with Crippen LogP contribution in [0.25, 0.3) is 0 Å². The second kappa shape index (κ2) is 5.87. The average Bonchev–Trinajstić information content (AvgIpc) is 2.47. The summed E-state index contributed by atoms with van der Waals surface area (Å²) in [7, 11) is 0. The summed E-state index contributed by atoms with van der Waals surface area (Å²) in [5.74, 6) is -0.700. The molecule has 0 atom stereocenters. The number of aromatic hydroxyl groups is 1. The van der Waals surface area contributed by atoms with Crippen molar-refractivity contribution in [1.82, 2.24) is 0 Å². The van der Waals surface area contributed by atoms with E-state index in [0.29, 0.717) is 17.4 Å². The fraction of sp³-hybridized carbons (Fsp3) is 0. The van der Waals surface area contributed by atoms with Gasteiger partial charge in [0.25, 0.3) is 5.69 Å². The number of nitrogen functional groups attached to an aromatic ring is 1. The van der Waals surface area contributed by atoms with Crippen LogP contribution >= 0.6 is 0 Å². The first kappa shape index (κ1) is 14.9. The van der Waals surface area contributed by atoms with Crippen LogP contribution in [0.4, 0.5) is 22.7 Å². The molecule has 0 aromatic heterocycles. The van der Waals surface area contributed by atoms with E-state index in [1.165, 1.54) is 0 Å². The van der Waals surface area contributed by atoms with E-state index in [-0.39, 0.29) is 5.56 Å². The summed E-state index contributed by atoms with van der Waals surface area (Å²) in [4.78, 5) is 23.9. The summed E-state index contributed by atoms with van der Waals surface area (Å²) in [5.41, 5.74) is 4.98. The van der Waals surface area contributed by atoms with Crippen molar-refractivity contribution in [3.63, 3.8) is 0 Å². The summed E-state index contributed by atoms with van der Waals surface area (Å²) in [6, 6.07) is 8.24. The smallest absolute Gasteiger partial charge is 0.318 e. The minimum Gasteiger partial charge on any atom is -0.502 e. The van der Waals surface area contributed by atoms with E-state index >= 15 is 0 Å². The van der Waals surface area contributed by atoms with Gasteiger partial charge in [-0.25, -0.2) is 0 Å². The molecule has 22 heavy (non-hydrogen) atoms. The van der Waals surface area contributed by atoms with Crippen LogP contribution in [0.2, 0.25) is 0 Å². The number of aliphatic imine (C=N–C) groups is 1. The highest BCUT2D eigenvalue weighted by molar-refractivity contribution is 5.89. The summed E-state index contributed by atoms with van der Waals surface area (Å²) < 4.78 is 0. The van der Waals surface area contributed by atoms with Gasteiger partial charge in [0.1, 0.15) is 0 Å². The molecule has 3 N–H and O–H groups in total. The summed E-state index contributed by atoms with van der Waals surface area (Å²) >= 11 is 0. The molecular weight excluding hydrogens is 292 g/mol. The summed E-state index contributed by atoms with van der Waals surface area (Å²) in [6.07, 6.45) is 1.08. The Hall–Kier alpha value is -3.49. The number of hydrogen-bond acceptors (Lipinski definition) is 7. The lowest BCUT2D eigenvalue weighted by atomic mass is 10.1. The molecule has 0 unspecified atom stereocenters. The van der Waals surface area contributed by atoms with Gasteiger partial charge in [-0.2, -0.15) is 0 Å². The fourth-order valence-corrected chi connectivity index (χ4v) is 1.71. The van der Waals surface area contributed by atoms with Gasteiger partial charge in [0.15, 0.2) is 0 Å². The Kier molecular flexibility index (Phi) is 3.98. The van der Waals surface area contributed by atoms with Crippen molar-refractivity contribution in [1.29, 1.82) is 0 Å². The van der Waals surface area contributed by atoms with E-state index < -0.39 is 27.0 Å². The molecule has 0 saturated carbocycles. The van der Waals surface area contributed by atoms with E-state index in [9.17, 15) is 25.3 Å². The highest BCUT2D eigenvalue weighted by atomic mass is 16.6. The number of rotatable bonds is 4. The third-order valence-electron chi connectivity index (χ3n) is 2.79. The van der Waals surface area contributed by atoms with Crippen LogP contribution in [0.1, 0.15) is 5.56 Å². The van der Waals surface area contributed by atoms with Gasteiger partial charge in [-0.3, -0.25) is 25.2 Å². The maximum Gasteiger partial charge on any atom is 0.318 e. The number of hydrogen-bond donors (Lipinski definition) is 2. The highest BCUT2D eigenvalue weighted by Crippen LogP contribution is 2.33. The lowest BCUT2D eigenvalue weighted by Gasteiger charge is -2.02. The van der Waals surface area contributed by atoms with Gasteiger partial charge in [0, 0.05) is 17.8 Å². The van der Waals surface area contributed by atoms with Crippen molar-refractivity contribution in [2.45, 2.75) is 0 Å². The van der Waals surface area contributed by atoms with E-state index in [0.717, 1.165) is 12.3 Å². The van der Waals surface area contributed by atoms with Gasteiger partial charge < -0.3 is 10.8 Å². The highest BCUT2D eigenvalue weighted by Gasteiger charge is 2.23. The largest absolute Gasteiger partial charge is 0.502 e. The zero-order valence-electron chi connectivity index (χ0n) is 11.0. The molecule has 0 aliphatic rings. The predicted molar refractivity (Wildman–Crippen MR) is 79.5 cm³/mol. The monoisotopic (exact) mass is 302 g/mol. The van der Waals surface area contributed by atoms with E-state index in [1.54, 1.807) is 24.3 Å². The molecule has 0 heterocycles. The third kappa shape index (κ3) is 2.98. The summed E-state index contributed by atoms with van der Waals surface area (Å²) in [5, 5.41) is 31.5. The zero-order chi connectivity index (χ0) is 16.3. The van der Waals surface area contributed by atoms with Gasteiger partial charge in [-0.15, -0.1) is 0 Å². The Balaban J connectivity index is 2.53. The van der Waals surface area contributed by atoms with Crippen molar-refractivity contribution < 1.29 is 15.0 Å².